The smallest absolute Gasteiger partial charge is 0.251 e. The Bertz CT molecular complexity index is 646. The quantitative estimate of drug-likeness (QED) is 0.799. The van der Waals surface area contributed by atoms with Crippen LogP contribution in [0.2, 0.25) is 0 Å². The number of rotatable bonds is 6. The van der Waals surface area contributed by atoms with Gasteiger partial charge in [0, 0.05) is 22.4 Å². The maximum Gasteiger partial charge on any atom is 0.251 e. The molecular weight excluding hydrogens is 344 g/mol. The van der Waals surface area contributed by atoms with Gasteiger partial charge in [-0.3, -0.25) is 4.79 Å². The Morgan fingerprint density at radius 1 is 1.46 bits per heavy atom. The number of hydrogen-bond donors (Lipinski definition) is 1. The third-order valence-electron chi connectivity index (χ3n) is 3.90. The van der Waals surface area contributed by atoms with Crippen LogP contribution >= 0.6 is 23.1 Å². The molecule has 128 valence electrons. The van der Waals surface area contributed by atoms with Crippen LogP contribution in [0.4, 0.5) is 0 Å². The summed E-state index contributed by atoms with van der Waals surface area (Å²) < 4.78 is 11.4. The Kier molecular flexibility index (Phi) is 6.25. The Morgan fingerprint density at radius 2 is 2.29 bits per heavy atom. The van der Waals surface area contributed by atoms with E-state index in [-0.39, 0.29) is 18.1 Å². The van der Waals surface area contributed by atoms with Crippen LogP contribution in [-0.2, 0) is 16.1 Å². The average Bonchev–Trinajstić information content (AvgIpc) is 3.14. The number of benzene rings is 1. The van der Waals surface area contributed by atoms with E-state index >= 15 is 0 Å². The number of carbonyl (C=O) groups excluding carboxylic acids is 1. The molecule has 1 saturated heterocycles. The first-order chi connectivity index (χ1) is 11.8. The number of amides is 1. The van der Waals surface area contributed by atoms with E-state index in [9.17, 15) is 4.79 Å². The second-order valence-electron chi connectivity index (χ2n) is 5.50. The summed E-state index contributed by atoms with van der Waals surface area (Å²) in [6.45, 7) is 1.56. The van der Waals surface area contributed by atoms with E-state index in [1.54, 1.807) is 28.6 Å². The predicted molar refractivity (Wildman–Crippen MR) is 95.6 cm³/mol. The lowest BCUT2D eigenvalue weighted by atomic mass is 10.1. The van der Waals surface area contributed by atoms with Gasteiger partial charge in [0.1, 0.15) is 6.10 Å². The van der Waals surface area contributed by atoms with Crippen LogP contribution in [0.5, 0.6) is 0 Å². The van der Waals surface area contributed by atoms with Crippen LogP contribution in [0, 0.1) is 0 Å². The van der Waals surface area contributed by atoms with Crippen molar-refractivity contribution in [3.63, 3.8) is 0 Å². The summed E-state index contributed by atoms with van der Waals surface area (Å²) in [6, 6.07) is 7.57. The molecule has 1 aliphatic heterocycles. The molecule has 2 atom stereocenters. The Labute approximate surface area is 149 Å². The van der Waals surface area contributed by atoms with Crippen molar-refractivity contribution in [2.45, 2.75) is 30.1 Å². The standard InChI is InChI=1S/C17H20N2O3S2/c1-23-14-4-2-12(3-5-14)17(20)19-15-6-7-21-9-16(15)22-8-13-10-24-11-18-13/h2-5,10-11,15-16H,6-9H2,1H3,(H,19,20)/t15-,16-/m1/s1. The summed E-state index contributed by atoms with van der Waals surface area (Å²) in [5, 5.41) is 5.05. The van der Waals surface area contributed by atoms with E-state index in [0.29, 0.717) is 25.4 Å². The fourth-order valence-corrected chi connectivity index (χ4v) is 3.49. The summed E-state index contributed by atoms with van der Waals surface area (Å²) in [5.41, 5.74) is 3.36. The number of thiazole rings is 1. The highest BCUT2D eigenvalue weighted by Crippen LogP contribution is 2.17. The highest BCUT2D eigenvalue weighted by Gasteiger charge is 2.28. The molecule has 7 heteroatoms. The van der Waals surface area contributed by atoms with E-state index in [4.69, 9.17) is 9.47 Å². The van der Waals surface area contributed by atoms with Gasteiger partial charge in [-0.2, -0.15) is 0 Å². The van der Waals surface area contributed by atoms with Crippen molar-refractivity contribution in [3.8, 4) is 0 Å². The fourth-order valence-electron chi connectivity index (χ4n) is 2.54. The first-order valence-electron chi connectivity index (χ1n) is 7.77. The first-order valence-corrected chi connectivity index (χ1v) is 9.94. The van der Waals surface area contributed by atoms with Crippen LogP contribution in [0.3, 0.4) is 0 Å². The van der Waals surface area contributed by atoms with Crippen LogP contribution in [0.15, 0.2) is 40.1 Å². The molecule has 0 unspecified atom stereocenters. The number of hydrogen-bond acceptors (Lipinski definition) is 6. The molecule has 0 bridgehead atoms. The van der Waals surface area contributed by atoms with Crippen molar-refractivity contribution in [1.29, 1.82) is 0 Å². The average molecular weight is 364 g/mol. The monoisotopic (exact) mass is 364 g/mol. The van der Waals surface area contributed by atoms with Gasteiger partial charge in [0.25, 0.3) is 5.91 Å². The van der Waals surface area contributed by atoms with Crippen LogP contribution in [0.25, 0.3) is 0 Å². The summed E-state index contributed by atoms with van der Waals surface area (Å²) in [5.74, 6) is -0.0724. The Hall–Kier alpha value is -1.41. The molecule has 2 aromatic rings. The summed E-state index contributed by atoms with van der Waals surface area (Å²) in [4.78, 5) is 17.8. The van der Waals surface area contributed by atoms with Gasteiger partial charge < -0.3 is 14.8 Å². The molecular formula is C17H20N2O3S2. The van der Waals surface area contributed by atoms with E-state index < -0.39 is 0 Å². The zero-order valence-electron chi connectivity index (χ0n) is 13.4. The SMILES string of the molecule is CSc1ccc(C(=O)N[C@@H]2CCOC[C@H]2OCc2cscn2)cc1. The van der Waals surface area contributed by atoms with E-state index in [0.717, 1.165) is 17.0 Å². The molecule has 5 nitrogen and oxygen atoms in total. The van der Waals surface area contributed by atoms with E-state index in [1.807, 2.05) is 35.9 Å². The number of nitrogens with zero attached hydrogens (tertiary/aromatic N) is 1. The van der Waals surface area contributed by atoms with E-state index in [1.165, 1.54) is 0 Å². The number of aromatic nitrogens is 1. The van der Waals surface area contributed by atoms with Gasteiger partial charge in [0.15, 0.2) is 0 Å². The molecule has 0 spiro atoms. The fraction of sp³-hybridized carbons (Fsp3) is 0.412. The third-order valence-corrected chi connectivity index (χ3v) is 5.28. The molecule has 1 aromatic heterocycles. The second kappa shape index (κ2) is 8.62. The van der Waals surface area contributed by atoms with Gasteiger partial charge in [0.05, 0.1) is 30.5 Å². The molecule has 1 aromatic carbocycles. The van der Waals surface area contributed by atoms with Crippen molar-refractivity contribution in [2.24, 2.45) is 0 Å². The molecule has 24 heavy (non-hydrogen) atoms. The topological polar surface area (TPSA) is 60.5 Å². The van der Waals surface area contributed by atoms with Crippen LogP contribution in [0.1, 0.15) is 22.5 Å². The number of nitrogens with one attached hydrogen (secondary N) is 1. The van der Waals surface area contributed by atoms with Crippen molar-refractivity contribution < 1.29 is 14.3 Å². The highest BCUT2D eigenvalue weighted by atomic mass is 32.2. The van der Waals surface area contributed by atoms with Crippen LogP contribution < -0.4 is 5.32 Å². The van der Waals surface area contributed by atoms with Gasteiger partial charge >= 0.3 is 0 Å². The lowest BCUT2D eigenvalue weighted by molar-refractivity contribution is -0.0742. The maximum atomic E-state index is 12.5. The summed E-state index contributed by atoms with van der Waals surface area (Å²) in [6.07, 6.45) is 2.60. The lowest BCUT2D eigenvalue weighted by Gasteiger charge is -2.32. The molecule has 2 heterocycles. The zero-order chi connectivity index (χ0) is 16.8. The molecule has 0 aliphatic carbocycles. The molecule has 0 saturated carbocycles. The van der Waals surface area contributed by atoms with Gasteiger partial charge in [-0.25, -0.2) is 4.98 Å². The zero-order valence-corrected chi connectivity index (χ0v) is 15.1. The van der Waals surface area contributed by atoms with Gasteiger partial charge in [-0.05, 0) is 36.9 Å². The Balaban J connectivity index is 1.58. The Morgan fingerprint density at radius 3 is 3.00 bits per heavy atom. The predicted octanol–water partition coefficient (Wildman–Crippen LogP) is 2.97. The highest BCUT2D eigenvalue weighted by molar-refractivity contribution is 7.98. The number of carbonyl (C=O) groups is 1. The summed E-state index contributed by atoms with van der Waals surface area (Å²) in [7, 11) is 0. The van der Waals surface area contributed by atoms with Gasteiger partial charge in [-0.1, -0.05) is 0 Å². The minimum Gasteiger partial charge on any atom is -0.379 e. The largest absolute Gasteiger partial charge is 0.379 e. The number of ether oxygens (including phenoxy) is 2. The molecule has 1 aliphatic rings. The minimum atomic E-state index is -0.158. The minimum absolute atomic E-state index is 0.0508. The second-order valence-corrected chi connectivity index (χ2v) is 7.10. The number of thioether (sulfide) groups is 1. The van der Waals surface area contributed by atoms with Gasteiger partial charge in [-0.15, -0.1) is 23.1 Å². The molecule has 3 rings (SSSR count). The van der Waals surface area contributed by atoms with Gasteiger partial charge in [0.2, 0.25) is 0 Å². The van der Waals surface area contributed by atoms with Crippen molar-refractivity contribution in [2.75, 3.05) is 19.5 Å². The third kappa shape index (κ3) is 4.57. The van der Waals surface area contributed by atoms with Crippen molar-refractivity contribution in [3.05, 3.63) is 46.4 Å². The van der Waals surface area contributed by atoms with Crippen LogP contribution in [-0.4, -0.2) is 42.5 Å². The maximum absolute atomic E-state index is 12.5. The van der Waals surface area contributed by atoms with Crippen molar-refractivity contribution >= 4 is 29.0 Å². The lowest BCUT2D eigenvalue weighted by Crippen LogP contribution is -2.49. The molecule has 1 fully saturated rings. The normalized spacial score (nSPS) is 20.7. The molecule has 1 N–H and O–H groups in total. The first kappa shape index (κ1) is 17.4. The summed E-state index contributed by atoms with van der Waals surface area (Å²) >= 11 is 3.20. The molecule has 1 amide bonds. The molecule has 0 radical (unpaired) electrons. The van der Waals surface area contributed by atoms with Crippen molar-refractivity contribution in [1.82, 2.24) is 10.3 Å². The van der Waals surface area contributed by atoms with E-state index in [2.05, 4.69) is 10.3 Å².